The minimum Gasteiger partial charge on any atom is -0.594 e. The Morgan fingerprint density at radius 3 is 2.26 bits per heavy atom. The third-order valence-electron chi connectivity index (χ3n) is 4.06. The van der Waals surface area contributed by atoms with Crippen molar-refractivity contribution in [3.8, 4) is 5.69 Å². The molecule has 1 N–H and O–H groups in total. The topological polar surface area (TPSA) is 94.8 Å². The van der Waals surface area contributed by atoms with E-state index < -0.39 is 29.5 Å². The van der Waals surface area contributed by atoms with E-state index in [-0.39, 0.29) is 17.1 Å². The number of hydrogen-bond donors (Lipinski definition) is 1. The Morgan fingerprint density at radius 2 is 1.71 bits per heavy atom. The van der Waals surface area contributed by atoms with Crippen LogP contribution in [-0.4, -0.2) is 22.1 Å². The molecule has 164 valence electrons. The van der Waals surface area contributed by atoms with Gasteiger partial charge in [0.1, 0.15) is 0 Å². The van der Waals surface area contributed by atoms with Gasteiger partial charge in [-0.05, 0) is 22.4 Å². The van der Waals surface area contributed by atoms with Crippen molar-refractivity contribution in [3.63, 3.8) is 0 Å². The first-order chi connectivity index (χ1) is 14.5. The molecular weight excluding hydrogens is 415 g/mol. The van der Waals surface area contributed by atoms with Gasteiger partial charge in [-0.3, -0.25) is 4.52 Å². The lowest BCUT2D eigenvalue weighted by Crippen LogP contribution is -2.38. The summed E-state index contributed by atoms with van der Waals surface area (Å²) in [6.45, 7) is 4.97. The van der Waals surface area contributed by atoms with Crippen LogP contribution in [0.15, 0.2) is 64.1 Å². The molecule has 0 bridgehead atoms. The standard InChI is InChI=1S/C21H20F3N3O4/c1-20(2,3)30-19(29)25-18-16(27(26-31-18)15-7-5-4-6-8-15)17(28)13-9-11-14(12-10-13)21(22,23)24/h4-12,17,28H,1-3H3. The predicted octanol–water partition coefficient (Wildman–Crippen LogP) is 3.21. The molecule has 0 amide bonds. The predicted molar refractivity (Wildman–Crippen MR) is 101 cm³/mol. The molecule has 0 fully saturated rings. The molecule has 1 aromatic heterocycles. The Balaban J connectivity index is 2.07. The fourth-order valence-electron chi connectivity index (χ4n) is 2.71. The van der Waals surface area contributed by atoms with Crippen LogP contribution >= 0.6 is 0 Å². The number of alkyl halides is 3. The van der Waals surface area contributed by atoms with Crippen molar-refractivity contribution in [2.24, 2.45) is 4.99 Å². The summed E-state index contributed by atoms with van der Waals surface area (Å²) in [7, 11) is 0. The Bertz CT molecular complexity index is 1060. The van der Waals surface area contributed by atoms with Crippen LogP contribution in [0.2, 0.25) is 0 Å². The number of benzene rings is 2. The minimum atomic E-state index is -4.51. The Morgan fingerprint density at radius 1 is 1.10 bits per heavy atom. The first-order valence-electron chi connectivity index (χ1n) is 9.23. The molecule has 0 aliphatic carbocycles. The average Bonchev–Trinajstić information content (AvgIpc) is 3.09. The summed E-state index contributed by atoms with van der Waals surface area (Å²) in [6.07, 6.45) is -6.97. The summed E-state index contributed by atoms with van der Waals surface area (Å²) in [5.41, 5.74) is -1.11. The zero-order chi connectivity index (χ0) is 22.8. The highest BCUT2D eigenvalue weighted by atomic mass is 19.4. The van der Waals surface area contributed by atoms with Gasteiger partial charge in [0.2, 0.25) is 11.0 Å². The van der Waals surface area contributed by atoms with Crippen molar-refractivity contribution >= 4 is 12.0 Å². The van der Waals surface area contributed by atoms with E-state index in [0.717, 1.165) is 24.3 Å². The molecule has 0 radical (unpaired) electrons. The van der Waals surface area contributed by atoms with E-state index in [0.29, 0.717) is 5.69 Å². The van der Waals surface area contributed by atoms with Gasteiger partial charge in [-0.25, -0.2) is 0 Å². The van der Waals surface area contributed by atoms with Crippen LogP contribution < -0.4 is 9.79 Å². The van der Waals surface area contributed by atoms with Gasteiger partial charge in [-0.2, -0.15) is 18.2 Å². The van der Waals surface area contributed by atoms with Gasteiger partial charge in [0.05, 0.1) is 5.56 Å². The van der Waals surface area contributed by atoms with E-state index >= 15 is 0 Å². The molecule has 10 heteroatoms. The fourth-order valence-corrected chi connectivity index (χ4v) is 2.71. The second-order valence-corrected chi connectivity index (χ2v) is 7.63. The third kappa shape index (κ3) is 5.40. The van der Waals surface area contributed by atoms with Crippen LogP contribution in [0.25, 0.3) is 5.69 Å². The molecular formula is C21H20F3N3O4. The fraction of sp³-hybridized carbons (Fsp3) is 0.286. The molecule has 0 aliphatic heterocycles. The van der Waals surface area contributed by atoms with Gasteiger partial charge in [0.25, 0.3) is 0 Å². The zero-order valence-electron chi connectivity index (χ0n) is 16.9. The monoisotopic (exact) mass is 435 g/mol. The summed E-state index contributed by atoms with van der Waals surface area (Å²) in [4.78, 5) is 3.74. The van der Waals surface area contributed by atoms with Crippen molar-refractivity contribution in [1.82, 2.24) is 5.27 Å². The first-order valence-corrected chi connectivity index (χ1v) is 9.23. The number of aliphatic imine (C=N–C) groups is 1. The van der Waals surface area contributed by atoms with Crippen LogP contribution in [0.5, 0.6) is 0 Å². The molecule has 2 aromatic carbocycles. The van der Waals surface area contributed by atoms with E-state index in [9.17, 15) is 23.4 Å². The van der Waals surface area contributed by atoms with E-state index in [1.807, 2.05) is 0 Å². The molecule has 1 atom stereocenters. The van der Waals surface area contributed by atoms with Crippen LogP contribution in [0.3, 0.4) is 0 Å². The molecule has 1 unspecified atom stereocenters. The second-order valence-electron chi connectivity index (χ2n) is 7.63. The SMILES string of the molecule is CC(C)(C)O/C([O-])=N/c1on[n+](-c2ccccc2)c1C(O)c1ccc(C(F)(F)F)cc1. The highest BCUT2D eigenvalue weighted by molar-refractivity contribution is 5.66. The maximum Gasteiger partial charge on any atom is 0.416 e. The van der Waals surface area contributed by atoms with Crippen molar-refractivity contribution in [2.75, 3.05) is 0 Å². The normalized spacial score (nSPS) is 13.8. The Hall–Kier alpha value is -3.40. The first kappa shape index (κ1) is 22.3. The number of aliphatic hydroxyl groups is 1. The molecule has 3 rings (SSSR count). The zero-order valence-corrected chi connectivity index (χ0v) is 16.9. The second kappa shape index (κ2) is 8.38. The molecule has 7 nitrogen and oxygen atoms in total. The van der Waals surface area contributed by atoms with Gasteiger partial charge < -0.3 is 14.9 Å². The van der Waals surface area contributed by atoms with Gasteiger partial charge in [-0.15, -0.1) is 0 Å². The number of ether oxygens (including phenoxy) is 1. The van der Waals surface area contributed by atoms with E-state index in [1.165, 1.54) is 4.68 Å². The lowest BCUT2D eigenvalue weighted by molar-refractivity contribution is -0.680. The van der Waals surface area contributed by atoms with E-state index in [2.05, 4.69) is 10.3 Å². The minimum absolute atomic E-state index is 0.0446. The molecule has 31 heavy (non-hydrogen) atoms. The van der Waals surface area contributed by atoms with Gasteiger partial charge in [0.15, 0.2) is 12.2 Å². The van der Waals surface area contributed by atoms with Crippen molar-refractivity contribution in [2.45, 2.75) is 38.7 Å². The van der Waals surface area contributed by atoms with Crippen molar-refractivity contribution < 1.29 is 37.3 Å². The maximum absolute atomic E-state index is 12.9. The Kier molecular flexibility index (Phi) is 6.03. The van der Waals surface area contributed by atoms with E-state index in [4.69, 9.17) is 9.26 Å². The van der Waals surface area contributed by atoms with Crippen LogP contribution in [0, 0.1) is 0 Å². The van der Waals surface area contributed by atoms with E-state index in [1.54, 1.807) is 51.1 Å². The number of nitrogens with zero attached hydrogens (tertiary/aromatic N) is 3. The molecule has 0 saturated carbocycles. The lowest BCUT2D eigenvalue weighted by atomic mass is 10.0. The number of hydrogen-bond acceptors (Lipinski definition) is 6. The smallest absolute Gasteiger partial charge is 0.416 e. The lowest BCUT2D eigenvalue weighted by Gasteiger charge is -2.29. The summed E-state index contributed by atoms with van der Waals surface area (Å²) in [5, 5.41) is 26.9. The summed E-state index contributed by atoms with van der Waals surface area (Å²) >= 11 is 0. The van der Waals surface area contributed by atoms with Crippen LogP contribution in [0.1, 0.15) is 43.7 Å². The van der Waals surface area contributed by atoms with Crippen LogP contribution in [0.4, 0.5) is 19.1 Å². The molecule has 1 heterocycles. The summed E-state index contributed by atoms with van der Waals surface area (Å²) in [6, 6.07) is 12.5. The molecule has 0 spiro atoms. The maximum atomic E-state index is 12.9. The highest BCUT2D eigenvalue weighted by Gasteiger charge is 2.35. The van der Waals surface area contributed by atoms with Gasteiger partial charge in [0, 0.05) is 17.7 Å². The summed E-state index contributed by atoms with van der Waals surface area (Å²) in [5.74, 6) is -0.328. The highest BCUT2D eigenvalue weighted by Crippen LogP contribution is 2.32. The molecule has 3 aromatic rings. The number of halogens is 3. The number of para-hydroxylation sites is 1. The number of aromatic nitrogens is 2. The van der Waals surface area contributed by atoms with Gasteiger partial charge >= 0.3 is 17.8 Å². The summed E-state index contributed by atoms with van der Waals surface area (Å²) < 4.78 is 50.1. The average molecular weight is 435 g/mol. The molecule has 0 saturated heterocycles. The van der Waals surface area contributed by atoms with Crippen molar-refractivity contribution in [3.05, 3.63) is 71.4 Å². The Labute approximate surface area is 176 Å². The van der Waals surface area contributed by atoms with Gasteiger partial charge in [-0.1, -0.05) is 51.1 Å². The molecule has 0 aliphatic rings. The number of aliphatic hydroxyl groups excluding tert-OH is 1. The quantitative estimate of drug-likeness (QED) is 0.386. The van der Waals surface area contributed by atoms with Crippen LogP contribution in [-0.2, 0) is 10.9 Å². The number of rotatable bonds is 4. The third-order valence-corrected chi connectivity index (χ3v) is 4.06. The van der Waals surface area contributed by atoms with Crippen molar-refractivity contribution in [1.29, 1.82) is 0 Å². The largest absolute Gasteiger partial charge is 0.594 e.